The summed E-state index contributed by atoms with van der Waals surface area (Å²) < 4.78 is -0.299. The van der Waals surface area contributed by atoms with Crippen LogP contribution in [0, 0.1) is 16.0 Å². The van der Waals surface area contributed by atoms with Crippen LogP contribution in [0.1, 0.15) is 42.5 Å². The van der Waals surface area contributed by atoms with E-state index in [9.17, 15) is 29.9 Å². The van der Waals surface area contributed by atoms with E-state index >= 15 is 0 Å². The first-order valence-electron chi connectivity index (χ1n) is 8.87. The Morgan fingerprint density at radius 3 is 2.62 bits per heavy atom. The lowest BCUT2D eigenvalue weighted by molar-refractivity contribution is -0.930. The fraction of sp³-hybridized carbons (Fsp3) is 0.556. The lowest BCUT2D eigenvalue weighted by Gasteiger charge is -2.51. The number of carbonyl (C=O) groups excluding carboxylic acids is 2. The van der Waals surface area contributed by atoms with Gasteiger partial charge in [-0.1, -0.05) is 0 Å². The van der Waals surface area contributed by atoms with E-state index in [4.69, 9.17) is 0 Å². The van der Waals surface area contributed by atoms with Gasteiger partial charge in [-0.2, -0.15) is 0 Å². The van der Waals surface area contributed by atoms with E-state index in [2.05, 4.69) is 0 Å². The number of ketones is 1. The van der Waals surface area contributed by atoms with E-state index in [-0.39, 0.29) is 39.4 Å². The molecule has 2 aliphatic rings. The van der Waals surface area contributed by atoms with Gasteiger partial charge in [0, 0.05) is 37.3 Å². The third-order valence-electron chi connectivity index (χ3n) is 5.85. The quantitative estimate of drug-likeness (QED) is 0.474. The number of nitro groups is 1. The first-order valence-corrected chi connectivity index (χ1v) is 8.87. The molecule has 1 aliphatic carbocycles. The number of nitro benzene ring substituents is 1. The van der Waals surface area contributed by atoms with Crippen molar-refractivity contribution in [2.24, 2.45) is 5.92 Å². The standard InChI is InChI=1S/C18H23N2O6/c21-11-17(23)20(9-1-2-13-10-15(22)7-8-16(13)20)18(24)12-3-5-14(6-4-12)19(25)26/h3-6,13,16-17,21,23H,1-2,7-11H2/q+1/t13-,16-,17?,20?/m0/s1. The Labute approximate surface area is 150 Å². The van der Waals surface area contributed by atoms with Crippen molar-refractivity contribution < 1.29 is 29.2 Å². The minimum absolute atomic E-state index is 0.00759. The van der Waals surface area contributed by atoms with Gasteiger partial charge < -0.3 is 10.2 Å². The van der Waals surface area contributed by atoms with E-state index in [0.29, 0.717) is 32.2 Å². The first kappa shape index (κ1) is 18.6. The Bertz CT molecular complexity index is 719. The Morgan fingerprint density at radius 1 is 1.31 bits per heavy atom. The van der Waals surface area contributed by atoms with Crippen LogP contribution in [0.25, 0.3) is 0 Å². The third kappa shape index (κ3) is 3.04. The number of hydrogen-bond donors (Lipinski definition) is 2. The number of rotatable bonds is 4. The van der Waals surface area contributed by atoms with Crippen LogP contribution >= 0.6 is 0 Å². The molecule has 2 unspecified atom stereocenters. The summed E-state index contributed by atoms with van der Waals surface area (Å²) in [6.45, 7) is -0.178. The van der Waals surface area contributed by atoms with Crippen LogP contribution in [0.5, 0.6) is 0 Å². The highest BCUT2D eigenvalue weighted by atomic mass is 16.6. The fourth-order valence-electron chi connectivity index (χ4n) is 4.63. The zero-order chi connectivity index (χ0) is 18.9. The molecule has 8 heteroatoms. The van der Waals surface area contributed by atoms with Gasteiger partial charge in [-0.3, -0.25) is 14.9 Å². The number of fused-ring (bicyclic) bond motifs is 1. The summed E-state index contributed by atoms with van der Waals surface area (Å²) in [5.74, 6) is -0.175. The highest BCUT2D eigenvalue weighted by molar-refractivity contribution is 5.89. The number of quaternary nitrogens is 1. The van der Waals surface area contributed by atoms with Gasteiger partial charge >= 0.3 is 5.91 Å². The molecule has 1 aromatic rings. The van der Waals surface area contributed by atoms with Gasteiger partial charge in [0.2, 0.25) is 6.23 Å². The van der Waals surface area contributed by atoms with Crippen molar-refractivity contribution in [1.82, 2.24) is 0 Å². The molecular weight excluding hydrogens is 340 g/mol. The molecular formula is C18H23N2O6+. The first-order chi connectivity index (χ1) is 12.4. The maximum absolute atomic E-state index is 13.4. The second kappa shape index (κ2) is 7.22. The average molecular weight is 363 g/mol. The normalized spacial score (nSPS) is 29.7. The molecule has 1 aliphatic heterocycles. The number of aliphatic hydroxyl groups is 2. The number of carbonyl (C=O) groups is 2. The van der Waals surface area contributed by atoms with E-state index in [1.165, 1.54) is 24.3 Å². The molecule has 1 saturated carbocycles. The minimum atomic E-state index is -1.28. The summed E-state index contributed by atoms with van der Waals surface area (Å²) in [6, 6.07) is 5.08. The Kier molecular flexibility index (Phi) is 5.17. The van der Waals surface area contributed by atoms with Crippen molar-refractivity contribution in [2.75, 3.05) is 13.2 Å². The van der Waals surface area contributed by atoms with E-state index in [0.717, 1.165) is 6.42 Å². The SMILES string of the molecule is O=C1CC[C@H]2[C@@H](CCC[N+]2(C(=O)c2ccc([N+](=O)[O-])cc2)C(O)CO)C1. The summed E-state index contributed by atoms with van der Waals surface area (Å²) >= 11 is 0. The van der Waals surface area contributed by atoms with Gasteiger partial charge in [0.15, 0.2) is 0 Å². The number of benzene rings is 1. The zero-order valence-electron chi connectivity index (χ0n) is 14.4. The van der Waals surface area contributed by atoms with Crippen LogP contribution < -0.4 is 0 Å². The highest BCUT2D eigenvalue weighted by Crippen LogP contribution is 2.41. The Morgan fingerprint density at radius 2 is 2.00 bits per heavy atom. The van der Waals surface area contributed by atoms with Crippen molar-refractivity contribution in [3.05, 3.63) is 39.9 Å². The van der Waals surface area contributed by atoms with E-state index < -0.39 is 17.8 Å². The molecule has 3 rings (SSSR count). The van der Waals surface area contributed by atoms with Crippen molar-refractivity contribution in [3.8, 4) is 0 Å². The average Bonchev–Trinajstić information content (AvgIpc) is 2.65. The lowest BCUT2D eigenvalue weighted by Crippen LogP contribution is -2.70. The van der Waals surface area contributed by atoms with Crippen LogP contribution in [0.2, 0.25) is 0 Å². The molecule has 2 N–H and O–H groups in total. The molecule has 1 aromatic carbocycles. The number of non-ortho nitro benzene ring substituents is 1. The second-order valence-electron chi connectivity index (χ2n) is 7.18. The fourth-order valence-corrected chi connectivity index (χ4v) is 4.63. The molecule has 1 saturated heterocycles. The summed E-state index contributed by atoms with van der Waals surface area (Å²) in [5.41, 5.74) is 0.149. The number of amides is 1. The molecule has 0 aromatic heterocycles. The Balaban J connectivity index is 2.00. The maximum atomic E-state index is 13.4. The summed E-state index contributed by atoms with van der Waals surface area (Å²) in [5, 5.41) is 31.1. The predicted molar refractivity (Wildman–Crippen MR) is 91.0 cm³/mol. The largest absolute Gasteiger partial charge is 0.387 e. The van der Waals surface area contributed by atoms with E-state index in [1.54, 1.807) is 0 Å². The number of aliphatic hydroxyl groups excluding tert-OH is 2. The molecule has 2 fully saturated rings. The van der Waals surface area contributed by atoms with Crippen molar-refractivity contribution >= 4 is 17.4 Å². The summed E-state index contributed by atoms with van der Waals surface area (Å²) in [4.78, 5) is 35.5. The molecule has 0 spiro atoms. The Hall–Kier alpha value is -2.16. The number of piperidine rings is 1. The van der Waals surface area contributed by atoms with Gasteiger partial charge in [0.1, 0.15) is 18.4 Å². The van der Waals surface area contributed by atoms with Crippen LogP contribution in [0.3, 0.4) is 0 Å². The second-order valence-corrected chi connectivity index (χ2v) is 7.18. The maximum Gasteiger partial charge on any atom is 0.348 e. The molecule has 140 valence electrons. The van der Waals surface area contributed by atoms with Crippen molar-refractivity contribution in [3.63, 3.8) is 0 Å². The summed E-state index contributed by atoms with van der Waals surface area (Å²) in [6.07, 6.45) is 1.48. The molecule has 26 heavy (non-hydrogen) atoms. The molecule has 4 atom stereocenters. The molecule has 0 bridgehead atoms. The van der Waals surface area contributed by atoms with Gasteiger partial charge in [0.05, 0.1) is 17.0 Å². The van der Waals surface area contributed by atoms with Crippen LogP contribution in [0.15, 0.2) is 24.3 Å². The van der Waals surface area contributed by atoms with Crippen molar-refractivity contribution in [2.45, 2.75) is 44.4 Å². The monoisotopic (exact) mass is 363 g/mol. The zero-order valence-corrected chi connectivity index (χ0v) is 14.4. The van der Waals surface area contributed by atoms with Crippen LogP contribution in [-0.4, -0.2) is 56.7 Å². The number of likely N-dealkylation sites (tertiary alicyclic amines) is 1. The summed E-state index contributed by atoms with van der Waals surface area (Å²) in [7, 11) is 0. The topological polar surface area (TPSA) is 118 Å². The number of Topliss-reactive ketones (excluding diaryl/α,β-unsaturated/α-hetero) is 1. The predicted octanol–water partition coefficient (Wildman–Crippen LogP) is 1.39. The molecule has 0 radical (unpaired) electrons. The van der Waals surface area contributed by atoms with Gasteiger partial charge in [-0.25, -0.2) is 9.28 Å². The van der Waals surface area contributed by atoms with Gasteiger partial charge in [0.25, 0.3) is 5.69 Å². The van der Waals surface area contributed by atoms with Gasteiger partial charge in [-0.15, -0.1) is 0 Å². The van der Waals surface area contributed by atoms with Gasteiger partial charge in [-0.05, 0) is 25.0 Å². The minimum Gasteiger partial charge on any atom is -0.387 e. The number of nitrogens with zero attached hydrogens (tertiary/aromatic N) is 2. The molecule has 1 amide bonds. The molecule has 1 heterocycles. The van der Waals surface area contributed by atoms with Crippen LogP contribution in [-0.2, 0) is 4.79 Å². The third-order valence-corrected chi connectivity index (χ3v) is 5.85. The van der Waals surface area contributed by atoms with Crippen LogP contribution in [0.4, 0.5) is 5.69 Å². The van der Waals surface area contributed by atoms with E-state index in [1.807, 2.05) is 0 Å². The smallest absolute Gasteiger partial charge is 0.348 e. The lowest BCUT2D eigenvalue weighted by atomic mass is 9.75. The highest BCUT2D eigenvalue weighted by Gasteiger charge is 2.56. The molecule has 8 nitrogen and oxygen atoms in total. The van der Waals surface area contributed by atoms with Crippen molar-refractivity contribution in [1.29, 1.82) is 0 Å². The number of hydrogen-bond acceptors (Lipinski definition) is 6.